The number of rotatable bonds is 5. The van der Waals surface area contributed by atoms with E-state index >= 15 is 0 Å². The van der Waals surface area contributed by atoms with Gasteiger partial charge in [-0.2, -0.15) is 0 Å². The predicted molar refractivity (Wildman–Crippen MR) is 62.1 cm³/mol. The number of nitrogens with one attached hydrogen (secondary N) is 1. The van der Waals surface area contributed by atoms with Crippen LogP contribution >= 0.6 is 0 Å². The molecule has 1 unspecified atom stereocenters. The summed E-state index contributed by atoms with van der Waals surface area (Å²) in [5, 5.41) is 15.1. The number of oxime groups is 1. The van der Waals surface area contributed by atoms with E-state index in [1.165, 1.54) is 32.1 Å². The van der Waals surface area contributed by atoms with Crippen molar-refractivity contribution in [1.29, 1.82) is 0 Å². The minimum atomic E-state index is 0.324. The molecule has 0 aliphatic heterocycles. The van der Waals surface area contributed by atoms with Crippen LogP contribution in [-0.2, 0) is 0 Å². The van der Waals surface area contributed by atoms with Crippen molar-refractivity contribution >= 4 is 5.84 Å². The average Bonchev–Trinajstić information content (AvgIpc) is 2.29. The second-order valence-corrected chi connectivity index (χ2v) is 4.40. The molecule has 1 fully saturated rings. The van der Waals surface area contributed by atoms with Crippen LogP contribution < -0.4 is 11.1 Å². The zero-order chi connectivity index (χ0) is 11.1. The van der Waals surface area contributed by atoms with E-state index in [2.05, 4.69) is 17.4 Å². The number of amidine groups is 1. The van der Waals surface area contributed by atoms with Crippen LogP contribution in [0.4, 0.5) is 0 Å². The summed E-state index contributed by atoms with van der Waals surface area (Å²) in [6.45, 7) is 2.13. The first-order valence-electron chi connectivity index (χ1n) is 5.98. The van der Waals surface area contributed by atoms with Crippen LogP contribution in [0.5, 0.6) is 0 Å². The lowest BCUT2D eigenvalue weighted by atomic mass is 9.94. The molecule has 1 saturated carbocycles. The molecule has 0 aromatic heterocycles. The van der Waals surface area contributed by atoms with Gasteiger partial charge >= 0.3 is 0 Å². The van der Waals surface area contributed by atoms with Gasteiger partial charge in [0, 0.05) is 18.5 Å². The Morgan fingerprint density at radius 1 is 1.47 bits per heavy atom. The zero-order valence-corrected chi connectivity index (χ0v) is 9.58. The molecule has 0 heterocycles. The topological polar surface area (TPSA) is 70.6 Å². The molecule has 88 valence electrons. The van der Waals surface area contributed by atoms with Crippen molar-refractivity contribution in [3.05, 3.63) is 0 Å². The minimum Gasteiger partial charge on any atom is -0.409 e. The molecule has 0 aromatic rings. The maximum atomic E-state index is 8.52. The van der Waals surface area contributed by atoms with E-state index in [9.17, 15) is 0 Å². The van der Waals surface area contributed by atoms with E-state index < -0.39 is 0 Å². The normalized spacial score (nSPS) is 21.5. The third-order valence-corrected chi connectivity index (χ3v) is 3.15. The van der Waals surface area contributed by atoms with Crippen molar-refractivity contribution in [2.24, 2.45) is 10.9 Å². The molecule has 0 aromatic carbocycles. The summed E-state index contributed by atoms with van der Waals surface area (Å²) in [6.07, 6.45) is 8.24. The van der Waals surface area contributed by atoms with Crippen LogP contribution in [0.25, 0.3) is 0 Å². The van der Waals surface area contributed by atoms with Gasteiger partial charge in [0.1, 0.15) is 5.84 Å². The average molecular weight is 213 g/mol. The molecule has 1 rings (SSSR count). The molecule has 0 amide bonds. The van der Waals surface area contributed by atoms with Gasteiger partial charge in [-0.1, -0.05) is 31.3 Å². The number of nitrogens with zero attached hydrogens (tertiary/aromatic N) is 1. The fourth-order valence-electron chi connectivity index (χ4n) is 2.22. The smallest absolute Gasteiger partial charge is 0.140 e. The van der Waals surface area contributed by atoms with Gasteiger partial charge in [0.15, 0.2) is 0 Å². The molecule has 0 bridgehead atoms. The number of nitrogens with two attached hydrogens (primary N) is 1. The highest BCUT2D eigenvalue weighted by atomic mass is 16.4. The van der Waals surface area contributed by atoms with E-state index in [1.54, 1.807) is 0 Å². The van der Waals surface area contributed by atoms with Gasteiger partial charge < -0.3 is 16.3 Å². The lowest BCUT2D eigenvalue weighted by Crippen LogP contribution is -2.41. The number of hydrogen-bond donors (Lipinski definition) is 3. The maximum Gasteiger partial charge on any atom is 0.140 e. The van der Waals surface area contributed by atoms with Gasteiger partial charge in [-0.25, -0.2) is 0 Å². The first-order chi connectivity index (χ1) is 7.26. The molecule has 1 aliphatic rings. The van der Waals surface area contributed by atoms with Crippen molar-refractivity contribution in [1.82, 2.24) is 5.32 Å². The second kappa shape index (κ2) is 6.67. The lowest BCUT2D eigenvalue weighted by Gasteiger charge is -2.27. The quantitative estimate of drug-likeness (QED) is 0.282. The highest BCUT2D eigenvalue weighted by Gasteiger charge is 2.17. The molecule has 4 N–H and O–H groups in total. The molecule has 0 radical (unpaired) electrons. The molecule has 0 saturated heterocycles. The van der Waals surface area contributed by atoms with Crippen molar-refractivity contribution in [2.75, 3.05) is 0 Å². The standard InChI is InChI=1S/C11H23N3O/c1-2-9(8-11(12)14-15)13-10-6-4-3-5-7-10/h9-10,13,15H,2-8H2,1H3,(H2,12,14). The van der Waals surface area contributed by atoms with E-state index in [-0.39, 0.29) is 0 Å². The highest BCUT2D eigenvalue weighted by molar-refractivity contribution is 5.80. The van der Waals surface area contributed by atoms with E-state index in [4.69, 9.17) is 10.9 Å². The Kier molecular flexibility index (Phi) is 5.47. The fraction of sp³-hybridized carbons (Fsp3) is 0.909. The molecule has 15 heavy (non-hydrogen) atoms. The first-order valence-corrected chi connectivity index (χ1v) is 5.98. The van der Waals surface area contributed by atoms with Crippen molar-refractivity contribution in [3.8, 4) is 0 Å². The summed E-state index contributed by atoms with van der Waals surface area (Å²) in [4.78, 5) is 0. The van der Waals surface area contributed by atoms with Crippen LogP contribution in [0, 0.1) is 0 Å². The molecular weight excluding hydrogens is 190 g/mol. The van der Waals surface area contributed by atoms with E-state index in [0.29, 0.717) is 24.3 Å². The SMILES string of the molecule is CCC(CC(N)=NO)NC1CCCCC1. The van der Waals surface area contributed by atoms with Crippen LogP contribution in [0.15, 0.2) is 5.16 Å². The predicted octanol–water partition coefficient (Wildman–Crippen LogP) is 1.82. The summed E-state index contributed by atoms with van der Waals surface area (Å²) >= 11 is 0. The molecular formula is C11H23N3O. The molecule has 4 heteroatoms. The third kappa shape index (κ3) is 4.51. The van der Waals surface area contributed by atoms with Gasteiger partial charge in [0.05, 0.1) is 0 Å². The van der Waals surface area contributed by atoms with Gasteiger partial charge in [0.25, 0.3) is 0 Å². The minimum absolute atomic E-state index is 0.324. The molecule has 1 aliphatic carbocycles. The summed E-state index contributed by atoms with van der Waals surface area (Å²) in [5.74, 6) is 0.324. The summed E-state index contributed by atoms with van der Waals surface area (Å²) in [5.41, 5.74) is 5.51. The highest BCUT2D eigenvalue weighted by Crippen LogP contribution is 2.18. The Morgan fingerprint density at radius 3 is 2.67 bits per heavy atom. The van der Waals surface area contributed by atoms with Crippen molar-refractivity contribution < 1.29 is 5.21 Å². The molecule has 0 spiro atoms. The Hall–Kier alpha value is -0.770. The third-order valence-electron chi connectivity index (χ3n) is 3.15. The Morgan fingerprint density at radius 2 is 2.13 bits per heavy atom. The van der Waals surface area contributed by atoms with Gasteiger partial charge in [-0.15, -0.1) is 0 Å². The van der Waals surface area contributed by atoms with Gasteiger partial charge in [0.2, 0.25) is 0 Å². The fourth-order valence-corrected chi connectivity index (χ4v) is 2.22. The summed E-state index contributed by atoms with van der Waals surface area (Å²) in [7, 11) is 0. The second-order valence-electron chi connectivity index (χ2n) is 4.40. The van der Waals surface area contributed by atoms with Crippen LogP contribution in [0.3, 0.4) is 0 Å². The van der Waals surface area contributed by atoms with Crippen molar-refractivity contribution in [2.45, 2.75) is 64.0 Å². The van der Waals surface area contributed by atoms with Gasteiger partial charge in [-0.3, -0.25) is 0 Å². The number of hydrogen-bond acceptors (Lipinski definition) is 3. The Bertz CT molecular complexity index is 200. The van der Waals surface area contributed by atoms with Crippen LogP contribution in [-0.4, -0.2) is 23.1 Å². The van der Waals surface area contributed by atoms with Gasteiger partial charge in [-0.05, 0) is 19.3 Å². The first kappa shape index (κ1) is 12.3. The molecule has 1 atom stereocenters. The Labute approximate surface area is 91.9 Å². The lowest BCUT2D eigenvalue weighted by molar-refractivity contribution is 0.310. The monoisotopic (exact) mass is 213 g/mol. The van der Waals surface area contributed by atoms with Crippen LogP contribution in [0.2, 0.25) is 0 Å². The van der Waals surface area contributed by atoms with Crippen molar-refractivity contribution in [3.63, 3.8) is 0 Å². The van der Waals surface area contributed by atoms with Crippen LogP contribution in [0.1, 0.15) is 51.9 Å². The molecule has 4 nitrogen and oxygen atoms in total. The van der Waals surface area contributed by atoms with E-state index in [0.717, 1.165) is 6.42 Å². The summed E-state index contributed by atoms with van der Waals surface area (Å²) in [6, 6.07) is 0.985. The zero-order valence-electron chi connectivity index (χ0n) is 9.58. The largest absolute Gasteiger partial charge is 0.409 e. The Balaban J connectivity index is 2.31. The van der Waals surface area contributed by atoms with E-state index in [1.807, 2.05) is 0 Å². The summed E-state index contributed by atoms with van der Waals surface area (Å²) < 4.78 is 0. The maximum absolute atomic E-state index is 8.52.